The third-order valence-corrected chi connectivity index (χ3v) is 5.99. The molecular weight excluding hydrogens is 436 g/mol. The molecule has 0 saturated carbocycles. The zero-order valence-corrected chi connectivity index (χ0v) is 19.5. The van der Waals surface area contributed by atoms with E-state index in [1.807, 2.05) is 36.7 Å². The standard InChI is InChI=1S/C27H24N8/c1-3-28-13-17-12-19(15-29-14-17)20-7-8-22-25(31-20)26(35-34-22)27-32-21-9-10-30-23(24(21)33-27)18-6-4-5-16(2)11-18/h4-12,14-15,28H,3,13H2,1-2H3,(H,32,33)(H,34,35). The van der Waals surface area contributed by atoms with Crippen LogP contribution >= 0.6 is 0 Å². The quantitative estimate of drug-likeness (QED) is 0.321. The Hall–Kier alpha value is -4.43. The van der Waals surface area contributed by atoms with Crippen molar-refractivity contribution in [2.75, 3.05) is 6.54 Å². The summed E-state index contributed by atoms with van der Waals surface area (Å²) in [4.78, 5) is 22.3. The second kappa shape index (κ2) is 8.73. The monoisotopic (exact) mass is 460 g/mol. The molecule has 0 spiro atoms. The summed E-state index contributed by atoms with van der Waals surface area (Å²) in [5.41, 5.74) is 9.95. The van der Waals surface area contributed by atoms with Crippen molar-refractivity contribution in [3.63, 3.8) is 0 Å². The topological polar surface area (TPSA) is 108 Å². The molecule has 0 unspecified atom stereocenters. The third kappa shape index (κ3) is 3.94. The number of pyridine rings is 3. The largest absolute Gasteiger partial charge is 0.336 e. The highest BCUT2D eigenvalue weighted by molar-refractivity contribution is 5.95. The molecule has 3 N–H and O–H groups in total. The van der Waals surface area contributed by atoms with E-state index in [4.69, 9.17) is 9.97 Å². The number of nitrogens with zero attached hydrogens (tertiary/aromatic N) is 5. The van der Waals surface area contributed by atoms with Crippen LogP contribution in [0.5, 0.6) is 0 Å². The maximum atomic E-state index is 4.94. The lowest BCUT2D eigenvalue weighted by atomic mass is 10.1. The van der Waals surface area contributed by atoms with E-state index in [0.717, 1.165) is 63.2 Å². The van der Waals surface area contributed by atoms with Gasteiger partial charge in [-0.3, -0.25) is 15.1 Å². The van der Waals surface area contributed by atoms with Gasteiger partial charge >= 0.3 is 0 Å². The average Bonchev–Trinajstić information content (AvgIpc) is 3.51. The molecule has 5 heterocycles. The number of hydrogen-bond donors (Lipinski definition) is 3. The summed E-state index contributed by atoms with van der Waals surface area (Å²) >= 11 is 0. The van der Waals surface area contributed by atoms with Gasteiger partial charge in [0.25, 0.3) is 0 Å². The van der Waals surface area contributed by atoms with Crippen molar-refractivity contribution >= 4 is 22.1 Å². The number of hydrogen-bond acceptors (Lipinski definition) is 6. The molecule has 0 bridgehead atoms. The van der Waals surface area contributed by atoms with Crippen LogP contribution in [0, 0.1) is 6.92 Å². The maximum absolute atomic E-state index is 4.94. The number of aromatic amines is 2. The van der Waals surface area contributed by atoms with Crippen LogP contribution in [-0.2, 0) is 6.54 Å². The van der Waals surface area contributed by atoms with E-state index in [2.05, 4.69) is 68.6 Å². The maximum Gasteiger partial charge on any atom is 0.161 e. The molecule has 0 amide bonds. The zero-order valence-electron chi connectivity index (χ0n) is 19.5. The fourth-order valence-electron chi connectivity index (χ4n) is 4.27. The van der Waals surface area contributed by atoms with E-state index in [9.17, 15) is 0 Å². The number of aryl methyl sites for hydroxylation is 1. The predicted octanol–water partition coefficient (Wildman–Crippen LogP) is 5.04. The van der Waals surface area contributed by atoms with Gasteiger partial charge in [0.2, 0.25) is 0 Å². The van der Waals surface area contributed by atoms with E-state index >= 15 is 0 Å². The molecule has 0 atom stereocenters. The predicted molar refractivity (Wildman–Crippen MR) is 138 cm³/mol. The van der Waals surface area contributed by atoms with Crippen LogP contribution in [0.15, 0.2) is 67.1 Å². The van der Waals surface area contributed by atoms with Crippen molar-refractivity contribution in [1.29, 1.82) is 0 Å². The van der Waals surface area contributed by atoms with Crippen LogP contribution in [0.1, 0.15) is 18.1 Å². The molecule has 0 aliphatic heterocycles. The Morgan fingerprint density at radius 3 is 2.69 bits per heavy atom. The molecule has 172 valence electrons. The van der Waals surface area contributed by atoms with Gasteiger partial charge in [0.05, 0.1) is 22.4 Å². The zero-order chi connectivity index (χ0) is 23.8. The van der Waals surface area contributed by atoms with Crippen molar-refractivity contribution in [2.45, 2.75) is 20.4 Å². The van der Waals surface area contributed by atoms with Crippen molar-refractivity contribution in [2.24, 2.45) is 0 Å². The summed E-state index contributed by atoms with van der Waals surface area (Å²) in [5, 5.41) is 11.0. The fraction of sp³-hybridized carbons (Fsp3) is 0.148. The number of aromatic nitrogens is 7. The van der Waals surface area contributed by atoms with Gasteiger partial charge in [-0.1, -0.05) is 30.7 Å². The first-order chi connectivity index (χ1) is 17.2. The first-order valence-corrected chi connectivity index (χ1v) is 11.6. The van der Waals surface area contributed by atoms with Crippen LogP contribution in [0.2, 0.25) is 0 Å². The van der Waals surface area contributed by atoms with E-state index in [1.54, 1.807) is 6.20 Å². The number of fused-ring (bicyclic) bond motifs is 2. The first kappa shape index (κ1) is 21.1. The van der Waals surface area contributed by atoms with E-state index in [-0.39, 0.29) is 0 Å². The van der Waals surface area contributed by atoms with Crippen molar-refractivity contribution < 1.29 is 0 Å². The van der Waals surface area contributed by atoms with Gasteiger partial charge in [-0.25, -0.2) is 9.97 Å². The van der Waals surface area contributed by atoms with Gasteiger partial charge in [-0.15, -0.1) is 0 Å². The molecular formula is C27H24N8. The molecule has 1 aromatic carbocycles. The Labute approximate surface area is 201 Å². The van der Waals surface area contributed by atoms with Crippen molar-refractivity contribution in [1.82, 2.24) is 40.4 Å². The average molecular weight is 461 g/mol. The minimum Gasteiger partial charge on any atom is -0.336 e. The van der Waals surface area contributed by atoms with Gasteiger partial charge < -0.3 is 10.3 Å². The van der Waals surface area contributed by atoms with E-state index < -0.39 is 0 Å². The van der Waals surface area contributed by atoms with Gasteiger partial charge in [0, 0.05) is 36.3 Å². The molecule has 0 aliphatic carbocycles. The highest BCUT2D eigenvalue weighted by Crippen LogP contribution is 2.31. The number of imidazole rings is 1. The Kier molecular flexibility index (Phi) is 5.27. The second-order valence-electron chi connectivity index (χ2n) is 8.54. The number of rotatable bonds is 6. The molecule has 8 nitrogen and oxygen atoms in total. The normalized spacial score (nSPS) is 11.5. The van der Waals surface area contributed by atoms with Crippen molar-refractivity contribution in [3.05, 3.63) is 78.2 Å². The van der Waals surface area contributed by atoms with E-state index in [0.29, 0.717) is 11.5 Å². The Morgan fingerprint density at radius 2 is 1.80 bits per heavy atom. The van der Waals surface area contributed by atoms with Gasteiger partial charge in [0.1, 0.15) is 11.0 Å². The molecule has 0 aliphatic rings. The lowest BCUT2D eigenvalue weighted by Gasteiger charge is -2.05. The summed E-state index contributed by atoms with van der Waals surface area (Å²) in [6.07, 6.45) is 5.51. The Bertz CT molecular complexity index is 1660. The number of nitrogens with one attached hydrogen (secondary N) is 3. The summed E-state index contributed by atoms with van der Waals surface area (Å²) < 4.78 is 0. The van der Waals surface area contributed by atoms with Crippen LogP contribution < -0.4 is 5.32 Å². The highest BCUT2D eigenvalue weighted by atomic mass is 15.2. The lowest BCUT2D eigenvalue weighted by Crippen LogP contribution is -2.11. The summed E-state index contributed by atoms with van der Waals surface area (Å²) in [5.74, 6) is 0.650. The minimum absolute atomic E-state index is 0.650. The molecule has 8 heteroatoms. The molecule has 35 heavy (non-hydrogen) atoms. The van der Waals surface area contributed by atoms with Gasteiger partial charge in [-0.2, -0.15) is 5.10 Å². The van der Waals surface area contributed by atoms with Crippen LogP contribution in [-0.4, -0.2) is 41.7 Å². The second-order valence-corrected chi connectivity index (χ2v) is 8.54. The summed E-state index contributed by atoms with van der Waals surface area (Å²) in [6, 6.07) is 16.3. The third-order valence-electron chi connectivity index (χ3n) is 5.99. The molecule has 0 fully saturated rings. The lowest BCUT2D eigenvalue weighted by molar-refractivity contribution is 0.724. The van der Waals surface area contributed by atoms with Crippen molar-refractivity contribution in [3.8, 4) is 34.0 Å². The van der Waals surface area contributed by atoms with Crippen LogP contribution in [0.3, 0.4) is 0 Å². The van der Waals surface area contributed by atoms with E-state index in [1.165, 1.54) is 5.56 Å². The highest BCUT2D eigenvalue weighted by Gasteiger charge is 2.17. The summed E-state index contributed by atoms with van der Waals surface area (Å²) in [6.45, 7) is 5.84. The molecule has 6 rings (SSSR count). The number of benzene rings is 1. The summed E-state index contributed by atoms with van der Waals surface area (Å²) in [7, 11) is 0. The molecule has 0 saturated heterocycles. The molecule has 0 radical (unpaired) electrons. The van der Waals surface area contributed by atoms with Crippen LogP contribution in [0.25, 0.3) is 56.1 Å². The minimum atomic E-state index is 0.650. The fourth-order valence-corrected chi connectivity index (χ4v) is 4.27. The number of H-pyrrole nitrogens is 2. The first-order valence-electron chi connectivity index (χ1n) is 11.6. The smallest absolute Gasteiger partial charge is 0.161 e. The van der Waals surface area contributed by atoms with Gasteiger partial charge in [0.15, 0.2) is 11.5 Å². The Balaban J connectivity index is 1.44. The Morgan fingerprint density at radius 1 is 0.886 bits per heavy atom. The van der Waals surface area contributed by atoms with Crippen LogP contribution in [0.4, 0.5) is 0 Å². The SMILES string of the molecule is CCNCc1cncc(-c2ccc3[nH]nc(-c4nc5c(-c6cccc(C)c6)nccc5[nH]4)c3n2)c1. The molecule has 6 aromatic rings. The van der Waals surface area contributed by atoms with Gasteiger partial charge in [-0.05, 0) is 49.4 Å². The molecule has 5 aromatic heterocycles.